The molecule has 0 aliphatic rings. The van der Waals surface area contributed by atoms with Crippen LogP contribution in [0.2, 0.25) is 0 Å². The largest absolute Gasteiger partial charge is 0.481 e. The van der Waals surface area contributed by atoms with E-state index in [4.69, 9.17) is 10.8 Å². The molecule has 0 fully saturated rings. The van der Waals surface area contributed by atoms with Crippen molar-refractivity contribution in [3.8, 4) is 0 Å². The summed E-state index contributed by atoms with van der Waals surface area (Å²) in [6, 6.07) is 10.9. The number of nitrogens with two attached hydrogens (primary N) is 1. The highest BCUT2D eigenvalue weighted by Gasteiger charge is 2.28. The van der Waals surface area contributed by atoms with Crippen LogP contribution in [0.1, 0.15) is 30.5 Å². The fourth-order valence-corrected chi connectivity index (χ4v) is 3.29. The molecular weight excluding hydrogens is 470 g/mol. The van der Waals surface area contributed by atoms with E-state index in [-0.39, 0.29) is 12.8 Å². The summed E-state index contributed by atoms with van der Waals surface area (Å²) < 4.78 is 0. The van der Waals surface area contributed by atoms with E-state index in [1.807, 2.05) is 0 Å². The number of anilines is 1. The zero-order valence-electron chi connectivity index (χ0n) is 19.5. The maximum absolute atomic E-state index is 12.6. The maximum atomic E-state index is 12.6. The third-order valence-corrected chi connectivity index (χ3v) is 5.04. The highest BCUT2D eigenvalue weighted by atomic mass is 16.4. The van der Waals surface area contributed by atoms with Crippen LogP contribution >= 0.6 is 0 Å². The van der Waals surface area contributed by atoms with E-state index < -0.39 is 54.7 Å². The number of hydrogen-bond acceptors (Lipinski definition) is 7. The maximum Gasteiger partial charge on any atom is 0.326 e. The molecule has 0 unspecified atom stereocenters. The third-order valence-electron chi connectivity index (χ3n) is 5.04. The van der Waals surface area contributed by atoms with Crippen molar-refractivity contribution in [1.29, 1.82) is 0 Å². The Balaban J connectivity index is 1.85. The van der Waals surface area contributed by atoms with Gasteiger partial charge < -0.3 is 31.9 Å². The Morgan fingerprint density at radius 3 is 2.25 bits per heavy atom. The lowest BCUT2D eigenvalue weighted by Crippen LogP contribution is -2.54. The van der Waals surface area contributed by atoms with Crippen LogP contribution in [0.3, 0.4) is 0 Å². The second kappa shape index (κ2) is 14.0. The lowest BCUT2D eigenvalue weighted by atomic mass is 10.1. The highest BCUT2D eigenvalue weighted by molar-refractivity contribution is 5.94. The number of aliphatic carboxylic acids is 2. The van der Waals surface area contributed by atoms with Gasteiger partial charge >= 0.3 is 11.9 Å². The lowest BCUT2D eigenvalue weighted by Gasteiger charge is -2.20. The average molecular weight is 500 g/mol. The number of aromatic nitrogens is 1. The molecule has 2 rings (SSSR count). The first-order valence-corrected chi connectivity index (χ1v) is 11.2. The zero-order valence-corrected chi connectivity index (χ0v) is 19.5. The van der Waals surface area contributed by atoms with Crippen molar-refractivity contribution in [2.24, 2.45) is 0 Å². The van der Waals surface area contributed by atoms with Gasteiger partial charge in [0.1, 0.15) is 17.9 Å². The molecule has 12 heteroatoms. The molecule has 0 bridgehead atoms. The topological polar surface area (TPSA) is 201 Å². The molecule has 1 aromatic heterocycles. The Kier molecular flexibility index (Phi) is 10.8. The number of nitrogens with zero attached hydrogens (tertiary/aromatic N) is 1. The van der Waals surface area contributed by atoms with Crippen molar-refractivity contribution >= 4 is 35.5 Å². The fourth-order valence-electron chi connectivity index (χ4n) is 3.29. The summed E-state index contributed by atoms with van der Waals surface area (Å²) in [4.78, 5) is 63.8. The number of hydrogen-bond donors (Lipinski definition) is 6. The van der Waals surface area contributed by atoms with Gasteiger partial charge in [0.05, 0.1) is 13.0 Å². The number of pyridine rings is 1. The normalized spacial score (nSPS) is 12.1. The van der Waals surface area contributed by atoms with E-state index in [2.05, 4.69) is 20.9 Å². The molecule has 36 heavy (non-hydrogen) atoms. The Hall–Kier alpha value is -4.48. The lowest BCUT2D eigenvalue weighted by molar-refractivity contribution is -0.143. The predicted octanol–water partition coefficient (Wildman–Crippen LogP) is -0.126. The van der Waals surface area contributed by atoms with Gasteiger partial charge in [0.15, 0.2) is 0 Å². The minimum atomic E-state index is -1.53. The molecule has 12 nitrogen and oxygen atoms in total. The highest BCUT2D eigenvalue weighted by Crippen LogP contribution is 2.06. The number of nitrogens with one attached hydrogen (secondary N) is 3. The molecule has 0 aliphatic heterocycles. The molecule has 0 radical (unpaired) electrons. The Labute approximate surface area is 207 Å². The molecule has 0 saturated carbocycles. The Morgan fingerprint density at radius 2 is 1.61 bits per heavy atom. The summed E-state index contributed by atoms with van der Waals surface area (Å²) in [5.74, 6) is -4.48. The average Bonchev–Trinajstić information content (AvgIpc) is 2.82. The smallest absolute Gasteiger partial charge is 0.326 e. The van der Waals surface area contributed by atoms with Crippen molar-refractivity contribution in [2.45, 2.75) is 44.2 Å². The van der Waals surface area contributed by atoms with Crippen LogP contribution in [0.15, 0.2) is 48.5 Å². The minimum absolute atomic E-state index is 0.0309. The first-order chi connectivity index (χ1) is 17.1. The summed E-state index contributed by atoms with van der Waals surface area (Å²) in [5, 5.41) is 25.5. The molecule has 3 amide bonds. The van der Waals surface area contributed by atoms with Gasteiger partial charge in [-0.25, -0.2) is 9.78 Å². The Morgan fingerprint density at radius 1 is 0.889 bits per heavy atom. The van der Waals surface area contributed by atoms with Gasteiger partial charge in [-0.15, -0.1) is 0 Å². The quantitative estimate of drug-likeness (QED) is 0.205. The molecule has 0 saturated heterocycles. The third kappa shape index (κ3) is 10.2. The molecule has 1 heterocycles. The number of aryl methyl sites for hydroxylation is 1. The summed E-state index contributed by atoms with van der Waals surface area (Å²) in [6.45, 7) is -0.481. The van der Waals surface area contributed by atoms with E-state index in [0.717, 1.165) is 5.69 Å². The summed E-state index contributed by atoms with van der Waals surface area (Å²) in [6.07, 6.45) is 0.293. The number of nitrogen functional groups attached to an aromatic ring is 1. The van der Waals surface area contributed by atoms with Crippen LogP contribution in [0.4, 0.5) is 5.82 Å². The van der Waals surface area contributed by atoms with Crippen molar-refractivity contribution in [3.63, 3.8) is 0 Å². The van der Waals surface area contributed by atoms with E-state index in [9.17, 15) is 29.1 Å². The van der Waals surface area contributed by atoms with Crippen LogP contribution in [0.5, 0.6) is 0 Å². The number of carbonyl (C=O) groups excluding carboxylic acids is 3. The van der Waals surface area contributed by atoms with Crippen molar-refractivity contribution < 1.29 is 34.2 Å². The number of carboxylic acid groups (broad SMARTS) is 2. The molecular formula is C24H29N5O7. The standard InChI is InChI=1S/C24H29N5O7/c25-19-10-4-8-16(27-19)9-5-11-20(30)26-14-21(31)28-17(13-22(32)33)23(34)29-18(24(35)36)12-15-6-2-1-3-7-15/h1-4,6-8,10,17-18H,5,9,11-14H2,(H2,25,27)(H,26,30)(H,28,31)(H,29,34)(H,32,33)(H,35,36)/t17-,18-/m0/s1. The molecule has 192 valence electrons. The van der Waals surface area contributed by atoms with Crippen LogP contribution in [-0.2, 0) is 36.8 Å². The van der Waals surface area contributed by atoms with Gasteiger partial charge in [-0.1, -0.05) is 36.4 Å². The van der Waals surface area contributed by atoms with Crippen LogP contribution in [-0.4, -0.2) is 63.5 Å². The van der Waals surface area contributed by atoms with E-state index in [1.165, 1.54) is 0 Å². The van der Waals surface area contributed by atoms with Crippen molar-refractivity contribution in [1.82, 2.24) is 20.9 Å². The molecule has 7 N–H and O–H groups in total. The number of benzene rings is 1. The van der Waals surface area contributed by atoms with E-state index >= 15 is 0 Å². The predicted molar refractivity (Wildman–Crippen MR) is 128 cm³/mol. The van der Waals surface area contributed by atoms with Crippen LogP contribution < -0.4 is 21.7 Å². The zero-order chi connectivity index (χ0) is 26.5. The monoisotopic (exact) mass is 499 g/mol. The second-order valence-corrected chi connectivity index (χ2v) is 7.99. The summed E-state index contributed by atoms with van der Waals surface area (Å²) >= 11 is 0. The molecule has 2 aromatic rings. The van der Waals surface area contributed by atoms with Gasteiger partial charge in [-0.05, 0) is 30.5 Å². The molecule has 0 spiro atoms. The molecule has 1 aromatic carbocycles. The number of carboxylic acids is 2. The molecule has 0 aliphatic carbocycles. The fraction of sp³-hybridized carbons (Fsp3) is 0.333. The van der Waals surface area contributed by atoms with Gasteiger partial charge in [-0.3, -0.25) is 19.2 Å². The second-order valence-electron chi connectivity index (χ2n) is 7.99. The van der Waals surface area contributed by atoms with Gasteiger partial charge in [-0.2, -0.15) is 0 Å². The minimum Gasteiger partial charge on any atom is -0.481 e. The van der Waals surface area contributed by atoms with Gasteiger partial charge in [0.2, 0.25) is 17.7 Å². The first-order valence-electron chi connectivity index (χ1n) is 11.2. The van der Waals surface area contributed by atoms with Crippen LogP contribution in [0, 0.1) is 0 Å². The summed E-state index contributed by atoms with van der Waals surface area (Å²) in [7, 11) is 0. The SMILES string of the molecule is Nc1cccc(CCCC(=O)NCC(=O)N[C@@H](CC(=O)O)C(=O)N[C@@H](Cc2ccccc2)C(=O)O)n1. The van der Waals surface area contributed by atoms with Crippen molar-refractivity contribution in [3.05, 3.63) is 59.8 Å². The molecule has 2 atom stereocenters. The number of rotatable bonds is 14. The van der Waals surface area contributed by atoms with Crippen LogP contribution in [0.25, 0.3) is 0 Å². The van der Waals surface area contributed by atoms with Gasteiger partial charge in [0.25, 0.3) is 0 Å². The van der Waals surface area contributed by atoms with E-state index in [0.29, 0.717) is 24.2 Å². The number of carbonyl (C=O) groups is 5. The van der Waals surface area contributed by atoms with Gasteiger partial charge in [0, 0.05) is 18.5 Å². The first kappa shape index (κ1) is 27.8. The Bertz CT molecular complexity index is 1080. The van der Waals surface area contributed by atoms with Crippen molar-refractivity contribution in [2.75, 3.05) is 12.3 Å². The van der Waals surface area contributed by atoms with E-state index in [1.54, 1.807) is 48.5 Å². The summed E-state index contributed by atoms with van der Waals surface area (Å²) in [5.41, 5.74) is 6.99. The number of amides is 3.